The minimum absolute atomic E-state index is 0. The third kappa shape index (κ3) is 6.25. The quantitative estimate of drug-likeness (QED) is 0.350. The number of para-hydroxylation sites is 1. The maximum atomic E-state index is 6.03. The van der Waals surface area contributed by atoms with Gasteiger partial charge in [0, 0.05) is 29.5 Å². The highest BCUT2D eigenvalue weighted by atomic mass is 35.5. The molecule has 0 unspecified atom stereocenters. The molecular weight excluding hydrogens is 367 g/mol. The van der Waals surface area contributed by atoms with Crippen LogP contribution in [0.1, 0.15) is 24.0 Å². The first-order valence-corrected chi connectivity index (χ1v) is 8.80. The predicted molar refractivity (Wildman–Crippen MR) is 111 cm³/mol. The Morgan fingerprint density at radius 2 is 1.92 bits per heavy atom. The average molecular weight is 389 g/mol. The molecule has 1 heterocycles. The number of rotatable bonds is 8. The summed E-state index contributed by atoms with van der Waals surface area (Å²) in [7, 11) is 0. The van der Waals surface area contributed by atoms with Crippen LogP contribution in [-0.2, 0) is 6.54 Å². The Balaban J connectivity index is 0.00000243. The summed E-state index contributed by atoms with van der Waals surface area (Å²) in [5.74, 6) is 0.906. The van der Waals surface area contributed by atoms with E-state index in [0.717, 1.165) is 41.3 Å². The Hall–Kier alpha value is -2.23. The van der Waals surface area contributed by atoms with E-state index in [4.69, 9.17) is 16.3 Å². The molecule has 0 aliphatic heterocycles. The molecule has 136 valence electrons. The molecule has 0 fully saturated rings. The first kappa shape index (κ1) is 20.1. The fourth-order valence-corrected chi connectivity index (χ4v) is 2.74. The number of unbranched alkanes of at least 4 members (excludes halogenated alkanes) is 1. The van der Waals surface area contributed by atoms with Crippen molar-refractivity contribution in [3.05, 3.63) is 83.4 Å². The van der Waals surface area contributed by atoms with E-state index in [9.17, 15) is 0 Å². The highest BCUT2D eigenvalue weighted by molar-refractivity contribution is 6.30. The van der Waals surface area contributed by atoms with Crippen molar-refractivity contribution >= 4 is 36.2 Å². The van der Waals surface area contributed by atoms with E-state index in [2.05, 4.69) is 21.7 Å². The molecule has 26 heavy (non-hydrogen) atoms. The van der Waals surface area contributed by atoms with Crippen molar-refractivity contribution in [1.82, 2.24) is 9.55 Å². The van der Waals surface area contributed by atoms with E-state index in [1.165, 1.54) is 0 Å². The number of imidazole rings is 1. The van der Waals surface area contributed by atoms with Crippen molar-refractivity contribution in [2.45, 2.75) is 19.4 Å². The molecule has 0 bridgehead atoms. The third-order valence-corrected chi connectivity index (χ3v) is 4.09. The number of halogens is 2. The minimum atomic E-state index is 0. The van der Waals surface area contributed by atoms with Gasteiger partial charge in [-0.2, -0.15) is 0 Å². The van der Waals surface area contributed by atoms with Crippen LogP contribution in [0.3, 0.4) is 0 Å². The van der Waals surface area contributed by atoms with E-state index in [0.29, 0.717) is 6.61 Å². The molecule has 0 saturated heterocycles. The van der Waals surface area contributed by atoms with Crippen molar-refractivity contribution in [3.8, 4) is 5.75 Å². The van der Waals surface area contributed by atoms with E-state index in [1.54, 1.807) is 6.20 Å². The van der Waals surface area contributed by atoms with Gasteiger partial charge in [0.15, 0.2) is 0 Å². The van der Waals surface area contributed by atoms with Crippen molar-refractivity contribution in [2.75, 3.05) is 6.61 Å². The largest absolute Gasteiger partial charge is 0.493 e. The fraction of sp³-hybridized carbons (Fsp3) is 0.190. The molecule has 3 aromatic rings. The van der Waals surface area contributed by atoms with Crippen LogP contribution in [0, 0.1) is 0 Å². The van der Waals surface area contributed by atoms with Crippen LogP contribution < -0.4 is 4.74 Å². The molecule has 3 nitrogen and oxygen atoms in total. The van der Waals surface area contributed by atoms with E-state index < -0.39 is 0 Å². The van der Waals surface area contributed by atoms with Gasteiger partial charge < -0.3 is 9.30 Å². The Labute approximate surface area is 165 Å². The van der Waals surface area contributed by atoms with E-state index >= 15 is 0 Å². The Morgan fingerprint density at radius 1 is 1.04 bits per heavy atom. The van der Waals surface area contributed by atoms with Crippen molar-refractivity contribution in [2.24, 2.45) is 0 Å². The normalized spacial score (nSPS) is 10.7. The number of benzene rings is 2. The molecular formula is C21H22Cl2N2O. The van der Waals surface area contributed by atoms with Gasteiger partial charge in [-0.25, -0.2) is 4.98 Å². The van der Waals surface area contributed by atoms with Gasteiger partial charge in [0.25, 0.3) is 0 Å². The molecule has 1 aromatic heterocycles. The van der Waals surface area contributed by atoms with Crippen LogP contribution in [0.5, 0.6) is 5.75 Å². The molecule has 0 saturated carbocycles. The van der Waals surface area contributed by atoms with Crippen molar-refractivity contribution in [1.29, 1.82) is 0 Å². The third-order valence-electron chi connectivity index (χ3n) is 3.85. The second-order valence-electron chi connectivity index (χ2n) is 5.78. The molecule has 0 aliphatic rings. The summed E-state index contributed by atoms with van der Waals surface area (Å²) in [6, 6.07) is 15.9. The lowest BCUT2D eigenvalue weighted by Crippen LogP contribution is -2.01. The first-order valence-electron chi connectivity index (χ1n) is 8.42. The Kier molecular flexibility index (Phi) is 8.26. The van der Waals surface area contributed by atoms with Gasteiger partial charge in [-0.3, -0.25) is 0 Å². The maximum absolute atomic E-state index is 6.03. The fourth-order valence-electron chi connectivity index (χ4n) is 2.54. The Morgan fingerprint density at radius 3 is 2.73 bits per heavy atom. The van der Waals surface area contributed by atoms with Gasteiger partial charge >= 0.3 is 0 Å². The molecule has 0 radical (unpaired) electrons. The summed E-state index contributed by atoms with van der Waals surface area (Å²) < 4.78 is 8.05. The number of hydrogen-bond acceptors (Lipinski definition) is 2. The van der Waals surface area contributed by atoms with E-state index in [1.807, 2.05) is 61.1 Å². The summed E-state index contributed by atoms with van der Waals surface area (Å²) in [4.78, 5) is 4.05. The number of aromatic nitrogens is 2. The van der Waals surface area contributed by atoms with E-state index in [-0.39, 0.29) is 12.4 Å². The summed E-state index contributed by atoms with van der Waals surface area (Å²) in [5.41, 5.74) is 2.14. The van der Waals surface area contributed by atoms with Crippen LogP contribution in [-0.4, -0.2) is 16.2 Å². The molecule has 2 aromatic carbocycles. The molecule has 0 spiro atoms. The van der Waals surface area contributed by atoms with Crippen LogP contribution in [0.4, 0.5) is 0 Å². The number of aryl methyl sites for hydroxylation is 1. The lowest BCUT2D eigenvalue weighted by Gasteiger charge is -2.09. The molecule has 0 atom stereocenters. The van der Waals surface area contributed by atoms with Gasteiger partial charge in [0.05, 0.1) is 12.9 Å². The van der Waals surface area contributed by atoms with Crippen LogP contribution >= 0.6 is 24.0 Å². The molecule has 0 N–H and O–H groups in total. The topological polar surface area (TPSA) is 27.1 Å². The second-order valence-corrected chi connectivity index (χ2v) is 6.22. The summed E-state index contributed by atoms with van der Waals surface area (Å²) >= 11 is 6.03. The van der Waals surface area contributed by atoms with Crippen molar-refractivity contribution in [3.63, 3.8) is 0 Å². The zero-order valence-corrected chi connectivity index (χ0v) is 16.0. The molecule has 0 aliphatic carbocycles. The number of ether oxygens (including phenoxy) is 1. The highest BCUT2D eigenvalue weighted by Crippen LogP contribution is 2.21. The van der Waals surface area contributed by atoms with Crippen LogP contribution in [0.15, 0.2) is 67.3 Å². The zero-order chi connectivity index (χ0) is 17.3. The minimum Gasteiger partial charge on any atom is -0.493 e. The molecule has 5 heteroatoms. The summed E-state index contributed by atoms with van der Waals surface area (Å²) in [6.45, 7) is 1.68. The maximum Gasteiger partial charge on any atom is 0.126 e. The van der Waals surface area contributed by atoms with Crippen LogP contribution in [0.25, 0.3) is 12.2 Å². The standard InChI is InChI=1S/C21H21ClN2O.ClH/c22-20-8-5-6-18(16-20)10-11-19-7-1-2-9-21(19)25-15-4-3-13-24-14-12-23-17-24;/h1-2,5-12,14,16-17H,3-4,13,15H2;1H. The SMILES string of the molecule is Cl.Clc1cccc(C=Cc2ccccc2OCCCCn2ccnc2)c1. The first-order chi connectivity index (χ1) is 12.3. The zero-order valence-electron chi connectivity index (χ0n) is 14.4. The number of hydrogen-bond donors (Lipinski definition) is 0. The monoisotopic (exact) mass is 388 g/mol. The lowest BCUT2D eigenvalue weighted by atomic mass is 10.1. The lowest BCUT2D eigenvalue weighted by molar-refractivity contribution is 0.302. The summed E-state index contributed by atoms with van der Waals surface area (Å²) in [5, 5.41) is 0.740. The van der Waals surface area contributed by atoms with Gasteiger partial charge in [0.1, 0.15) is 5.75 Å². The molecule has 3 rings (SSSR count). The van der Waals surface area contributed by atoms with Gasteiger partial charge in [-0.15, -0.1) is 12.4 Å². The summed E-state index contributed by atoms with van der Waals surface area (Å²) in [6.07, 6.45) is 11.8. The van der Waals surface area contributed by atoms with Crippen molar-refractivity contribution < 1.29 is 4.74 Å². The second kappa shape index (κ2) is 10.7. The highest BCUT2D eigenvalue weighted by Gasteiger charge is 2.00. The predicted octanol–water partition coefficient (Wildman–Crippen LogP) is 5.99. The molecule has 0 amide bonds. The van der Waals surface area contributed by atoms with Crippen LogP contribution in [0.2, 0.25) is 5.02 Å². The number of nitrogens with zero attached hydrogens (tertiary/aromatic N) is 2. The Bertz CT molecular complexity index is 816. The van der Waals surface area contributed by atoms with Gasteiger partial charge in [0.2, 0.25) is 0 Å². The average Bonchev–Trinajstić information content (AvgIpc) is 3.14. The van der Waals surface area contributed by atoms with Gasteiger partial charge in [-0.1, -0.05) is 54.1 Å². The van der Waals surface area contributed by atoms with Gasteiger partial charge in [-0.05, 0) is 36.6 Å². The smallest absolute Gasteiger partial charge is 0.126 e.